The Balaban J connectivity index is 2.20. The van der Waals surface area contributed by atoms with Crippen LogP contribution in [0.5, 0.6) is 0 Å². The first kappa shape index (κ1) is 14.8. The summed E-state index contributed by atoms with van der Waals surface area (Å²) >= 11 is 5.67. The number of alkyl halides is 1. The number of rotatable bonds is 4. The topological polar surface area (TPSA) is 37.4 Å². The van der Waals surface area contributed by atoms with Crippen LogP contribution in [0.2, 0.25) is 0 Å². The number of halogens is 1. The van der Waals surface area contributed by atoms with Crippen molar-refractivity contribution in [2.45, 2.75) is 25.2 Å². The van der Waals surface area contributed by atoms with Crippen molar-refractivity contribution in [3.63, 3.8) is 0 Å². The first-order chi connectivity index (χ1) is 8.95. The minimum absolute atomic E-state index is 0.382. The van der Waals surface area contributed by atoms with E-state index in [1.54, 1.807) is 16.4 Å². The molecule has 2 unspecified atom stereocenters. The van der Waals surface area contributed by atoms with Crippen LogP contribution >= 0.6 is 11.6 Å². The van der Waals surface area contributed by atoms with Crippen LogP contribution in [0.25, 0.3) is 0 Å². The molecule has 0 radical (unpaired) electrons. The van der Waals surface area contributed by atoms with E-state index in [1.165, 1.54) is 0 Å². The fourth-order valence-electron chi connectivity index (χ4n) is 2.36. The fraction of sp³-hybridized carbons (Fsp3) is 0.571. The van der Waals surface area contributed by atoms with Crippen LogP contribution in [0.4, 0.5) is 0 Å². The molecule has 0 spiro atoms. The highest BCUT2D eigenvalue weighted by Crippen LogP contribution is 2.28. The summed E-state index contributed by atoms with van der Waals surface area (Å²) in [5.41, 5.74) is 1.07. The minimum Gasteiger partial charge on any atom is -0.207 e. The molecule has 1 heterocycles. The van der Waals surface area contributed by atoms with E-state index in [1.807, 2.05) is 12.1 Å². The van der Waals surface area contributed by atoms with Crippen LogP contribution in [0.1, 0.15) is 19.4 Å². The van der Waals surface area contributed by atoms with Gasteiger partial charge in [-0.05, 0) is 36.0 Å². The van der Waals surface area contributed by atoms with Gasteiger partial charge in [0.1, 0.15) is 0 Å². The largest absolute Gasteiger partial charge is 0.243 e. The molecule has 1 saturated heterocycles. The Morgan fingerprint density at radius 1 is 1.16 bits per heavy atom. The normalized spacial score (nSPS) is 24.8. The van der Waals surface area contributed by atoms with Gasteiger partial charge in [-0.25, -0.2) is 8.42 Å². The standard InChI is InChI=1S/C14H20ClNO2S/c1-11-9-16(10-12(11)2)19(17,18)14-5-3-13(4-6-14)7-8-15/h3-6,11-12H,7-10H2,1-2H3. The van der Waals surface area contributed by atoms with Gasteiger partial charge in [0.2, 0.25) is 10.0 Å². The number of aryl methyl sites for hydroxylation is 1. The second-order valence-electron chi connectivity index (χ2n) is 5.36. The highest BCUT2D eigenvalue weighted by Gasteiger charge is 2.34. The molecular formula is C14H20ClNO2S. The lowest BCUT2D eigenvalue weighted by Crippen LogP contribution is -2.29. The number of nitrogens with zero attached hydrogens (tertiary/aromatic N) is 1. The second-order valence-corrected chi connectivity index (χ2v) is 7.68. The van der Waals surface area contributed by atoms with Gasteiger partial charge in [-0.2, -0.15) is 4.31 Å². The van der Waals surface area contributed by atoms with Gasteiger partial charge in [-0.3, -0.25) is 0 Å². The molecule has 19 heavy (non-hydrogen) atoms. The van der Waals surface area contributed by atoms with Gasteiger partial charge in [-0.1, -0.05) is 26.0 Å². The number of hydrogen-bond acceptors (Lipinski definition) is 2. The van der Waals surface area contributed by atoms with E-state index in [9.17, 15) is 8.42 Å². The molecule has 0 amide bonds. The lowest BCUT2D eigenvalue weighted by Gasteiger charge is -2.16. The highest BCUT2D eigenvalue weighted by molar-refractivity contribution is 7.89. The van der Waals surface area contributed by atoms with Crippen LogP contribution in [0.15, 0.2) is 29.2 Å². The van der Waals surface area contributed by atoms with E-state index < -0.39 is 10.0 Å². The quantitative estimate of drug-likeness (QED) is 0.802. The summed E-state index contributed by atoms with van der Waals surface area (Å²) in [4.78, 5) is 0.382. The maximum Gasteiger partial charge on any atom is 0.243 e. The molecule has 0 N–H and O–H groups in total. The van der Waals surface area contributed by atoms with E-state index >= 15 is 0 Å². The average Bonchev–Trinajstić information content (AvgIpc) is 2.71. The monoisotopic (exact) mass is 301 g/mol. The predicted molar refractivity (Wildman–Crippen MR) is 78.0 cm³/mol. The Kier molecular flexibility index (Phi) is 4.54. The van der Waals surface area contributed by atoms with Crippen molar-refractivity contribution in [3.8, 4) is 0 Å². The zero-order valence-electron chi connectivity index (χ0n) is 11.3. The summed E-state index contributed by atoms with van der Waals surface area (Å²) in [7, 11) is -3.34. The smallest absolute Gasteiger partial charge is 0.207 e. The number of sulfonamides is 1. The Bertz CT molecular complexity index is 517. The minimum atomic E-state index is -3.34. The van der Waals surface area contributed by atoms with Crippen molar-refractivity contribution in [1.82, 2.24) is 4.31 Å². The molecule has 2 atom stereocenters. The van der Waals surface area contributed by atoms with Gasteiger partial charge in [-0.15, -0.1) is 11.6 Å². The second kappa shape index (κ2) is 5.81. The molecular weight excluding hydrogens is 282 g/mol. The predicted octanol–water partition coefficient (Wildman–Crippen LogP) is 2.74. The maximum absolute atomic E-state index is 12.5. The lowest BCUT2D eigenvalue weighted by atomic mass is 10.0. The van der Waals surface area contributed by atoms with E-state index in [2.05, 4.69) is 13.8 Å². The van der Waals surface area contributed by atoms with Crippen molar-refractivity contribution in [3.05, 3.63) is 29.8 Å². The molecule has 0 aromatic heterocycles. The van der Waals surface area contributed by atoms with E-state index in [4.69, 9.17) is 11.6 Å². The summed E-state index contributed by atoms with van der Waals surface area (Å²) in [6.45, 7) is 5.44. The Labute approximate surface area is 120 Å². The summed E-state index contributed by atoms with van der Waals surface area (Å²) in [6, 6.07) is 7.06. The lowest BCUT2D eigenvalue weighted by molar-refractivity contribution is 0.463. The third-order valence-electron chi connectivity index (χ3n) is 3.90. The van der Waals surface area contributed by atoms with Crippen molar-refractivity contribution >= 4 is 21.6 Å². The molecule has 106 valence electrons. The van der Waals surface area contributed by atoms with Crippen LogP contribution in [-0.4, -0.2) is 31.7 Å². The SMILES string of the molecule is CC1CN(S(=O)(=O)c2ccc(CCCl)cc2)CC1C. The molecule has 1 aromatic rings. The summed E-state index contributed by atoms with van der Waals surface area (Å²) in [6.07, 6.45) is 0.764. The van der Waals surface area contributed by atoms with Gasteiger partial charge in [0.05, 0.1) is 4.90 Å². The molecule has 1 aromatic carbocycles. The van der Waals surface area contributed by atoms with Crippen molar-refractivity contribution in [2.24, 2.45) is 11.8 Å². The van der Waals surface area contributed by atoms with Crippen LogP contribution in [0.3, 0.4) is 0 Å². The maximum atomic E-state index is 12.5. The van der Waals surface area contributed by atoms with Gasteiger partial charge in [0, 0.05) is 19.0 Å². The molecule has 0 bridgehead atoms. The van der Waals surface area contributed by atoms with Crippen molar-refractivity contribution in [1.29, 1.82) is 0 Å². The summed E-state index contributed by atoms with van der Waals surface area (Å²) in [5, 5.41) is 0. The highest BCUT2D eigenvalue weighted by atomic mass is 35.5. The molecule has 1 aliphatic heterocycles. The van der Waals surface area contributed by atoms with E-state index in [0.717, 1.165) is 12.0 Å². The molecule has 1 aliphatic rings. The average molecular weight is 302 g/mol. The van der Waals surface area contributed by atoms with E-state index in [-0.39, 0.29) is 0 Å². The third kappa shape index (κ3) is 3.12. The molecule has 5 heteroatoms. The van der Waals surface area contributed by atoms with Crippen LogP contribution < -0.4 is 0 Å². The first-order valence-corrected chi connectivity index (χ1v) is 8.57. The Morgan fingerprint density at radius 2 is 1.68 bits per heavy atom. The molecule has 1 fully saturated rings. The van der Waals surface area contributed by atoms with Crippen LogP contribution in [-0.2, 0) is 16.4 Å². The van der Waals surface area contributed by atoms with Gasteiger partial charge >= 0.3 is 0 Å². The van der Waals surface area contributed by atoms with Crippen LogP contribution in [0, 0.1) is 11.8 Å². The molecule has 3 nitrogen and oxygen atoms in total. The Hall–Kier alpha value is -0.580. The van der Waals surface area contributed by atoms with Crippen molar-refractivity contribution in [2.75, 3.05) is 19.0 Å². The molecule has 0 saturated carbocycles. The zero-order valence-corrected chi connectivity index (χ0v) is 12.9. The summed E-state index contributed by atoms with van der Waals surface area (Å²) < 4.78 is 26.6. The van der Waals surface area contributed by atoms with Gasteiger partial charge in [0.25, 0.3) is 0 Å². The Morgan fingerprint density at radius 3 is 2.16 bits per heavy atom. The van der Waals surface area contributed by atoms with Gasteiger partial charge in [0.15, 0.2) is 0 Å². The fourth-order valence-corrected chi connectivity index (χ4v) is 4.22. The van der Waals surface area contributed by atoms with Gasteiger partial charge < -0.3 is 0 Å². The van der Waals surface area contributed by atoms with E-state index in [0.29, 0.717) is 35.7 Å². The zero-order chi connectivity index (χ0) is 14.0. The number of hydrogen-bond donors (Lipinski definition) is 0. The molecule has 2 rings (SSSR count). The molecule has 0 aliphatic carbocycles. The third-order valence-corrected chi connectivity index (χ3v) is 5.93. The summed E-state index contributed by atoms with van der Waals surface area (Å²) in [5.74, 6) is 1.39. The van der Waals surface area contributed by atoms with Crippen molar-refractivity contribution < 1.29 is 8.42 Å². The first-order valence-electron chi connectivity index (χ1n) is 6.60. The number of benzene rings is 1.